The molecule has 2 aromatic rings. The van der Waals surface area contributed by atoms with Crippen molar-refractivity contribution < 1.29 is 12.8 Å². The van der Waals surface area contributed by atoms with Gasteiger partial charge in [-0.05, 0) is 56.4 Å². The Kier molecular flexibility index (Phi) is 9.03. The Morgan fingerprint density at radius 2 is 2.03 bits per heavy atom. The summed E-state index contributed by atoms with van der Waals surface area (Å²) in [5, 5.41) is 9.66. The van der Waals surface area contributed by atoms with Crippen LogP contribution in [0.4, 0.5) is 4.39 Å². The zero-order valence-electron chi connectivity index (χ0n) is 17.2. The first-order valence-corrected chi connectivity index (χ1v) is 12.6. The van der Waals surface area contributed by atoms with Crippen LogP contribution >= 0.6 is 11.3 Å². The van der Waals surface area contributed by atoms with Gasteiger partial charge in [-0.3, -0.25) is 0 Å². The largest absolute Gasteiger partial charge is 0.357 e. The Labute approximate surface area is 176 Å². The number of rotatable bonds is 10. The number of aromatic nitrogens is 1. The summed E-state index contributed by atoms with van der Waals surface area (Å²) in [5.41, 5.74) is 2.22. The molecule has 0 radical (unpaired) electrons. The summed E-state index contributed by atoms with van der Waals surface area (Å²) in [5.74, 6) is 0.105. The van der Waals surface area contributed by atoms with Crippen LogP contribution in [0.15, 0.2) is 28.6 Å². The number of nitrogens with one attached hydrogen (secondary N) is 2. The maximum Gasteiger partial charge on any atom is 0.191 e. The van der Waals surface area contributed by atoms with Crippen molar-refractivity contribution in [3.8, 4) is 0 Å². The average Bonchev–Trinajstić information content (AvgIpc) is 3.05. The minimum Gasteiger partial charge on any atom is -0.357 e. The molecule has 160 valence electrons. The van der Waals surface area contributed by atoms with Crippen molar-refractivity contribution in [2.24, 2.45) is 4.99 Å². The zero-order chi connectivity index (χ0) is 21.3. The quantitative estimate of drug-likeness (QED) is 0.337. The summed E-state index contributed by atoms with van der Waals surface area (Å²) in [6.45, 7) is 5.63. The highest BCUT2D eigenvalue weighted by molar-refractivity contribution is 7.89. The number of hydrogen-bond acceptors (Lipinski definition) is 5. The van der Waals surface area contributed by atoms with Gasteiger partial charge >= 0.3 is 0 Å². The molecular formula is C20H29FN4O2S2. The molecule has 0 bridgehead atoms. The molecule has 2 rings (SSSR count). The maximum absolute atomic E-state index is 13.6. The van der Waals surface area contributed by atoms with E-state index in [1.54, 1.807) is 11.3 Å². The standard InChI is InChI=1S/C20H29FN4O2S2/c1-4-22-20(23-10-6-5-7-19-25-15(2)13-28-19)24-12-17-11-18(21)9-8-16(17)14-29(3,26)27/h8-9,11,13H,4-7,10,12,14H2,1-3H3,(H2,22,23,24). The molecule has 0 aliphatic rings. The SMILES string of the molecule is CCNC(=NCc1cc(F)ccc1CS(C)(=O)=O)NCCCCc1nc(C)cs1. The predicted molar refractivity (Wildman–Crippen MR) is 118 cm³/mol. The molecule has 1 heterocycles. The Morgan fingerprint density at radius 1 is 1.24 bits per heavy atom. The van der Waals surface area contributed by atoms with Crippen LogP contribution in [-0.4, -0.2) is 38.7 Å². The molecule has 29 heavy (non-hydrogen) atoms. The lowest BCUT2D eigenvalue weighted by atomic mass is 10.1. The lowest BCUT2D eigenvalue weighted by molar-refractivity contribution is 0.600. The number of unbranched alkanes of at least 4 members (excludes halogenated alkanes) is 1. The van der Waals surface area contributed by atoms with Gasteiger partial charge in [0.1, 0.15) is 5.82 Å². The molecule has 9 heteroatoms. The Balaban J connectivity index is 1.91. The van der Waals surface area contributed by atoms with Crippen LogP contribution < -0.4 is 10.6 Å². The second kappa shape index (κ2) is 11.3. The Bertz CT molecular complexity index is 926. The van der Waals surface area contributed by atoms with Gasteiger partial charge in [-0.1, -0.05) is 6.07 Å². The van der Waals surface area contributed by atoms with Gasteiger partial charge in [0.25, 0.3) is 0 Å². The number of hydrogen-bond donors (Lipinski definition) is 2. The smallest absolute Gasteiger partial charge is 0.191 e. The van der Waals surface area contributed by atoms with E-state index in [2.05, 4.69) is 26.0 Å². The fourth-order valence-electron chi connectivity index (χ4n) is 2.80. The molecule has 0 amide bonds. The van der Waals surface area contributed by atoms with Crippen molar-refractivity contribution >= 4 is 27.1 Å². The van der Waals surface area contributed by atoms with Crippen molar-refractivity contribution in [1.29, 1.82) is 0 Å². The number of aryl methyl sites for hydroxylation is 2. The van der Waals surface area contributed by atoms with E-state index >= 15 is 0 Å². The van der Waals surface area contributed by atoms with E-state index < -0.39 is 15.7 Å². The van der Waals surface area contributed by atoms with Crippen molar-refractivity contribution in [3.05, 3.63) is 51.2 Å². The number of aliphatic imine (C=N–C) groups is 1. The number of guanidine groups is 1. The highest BCUT2D eigenvalue weighted by Gasteiger charge is 2.11. The maximum atomic E-state index is 13.6. The molecule has 0 spiro atoms. The first-order chi connectivity index (χ1) is 13.8. The highest BCUT2D eigenvalue weighted by atomic mass is 32.2. The van der Waals surface area contributed by atoms with Gasteiger partial charge in [-0.2, -0.15) is 0 Å². The van der Waals surface area contributed by atoms with Gasteiger partial charge in [0.2, 0.25) is 0 Å². The molecule has 0 saturated carbocycles. The first kappa shape index (κ1) is 23.3. The monoisotopic (exact) mass is 440 g/mol. The van der Waals surface area contributed by atoms with Gasteiger partial charge in [-0.25, -0.2) is 22.8 Å². The minimum absolute atomic E-state index is 0.127. The molecule has 0 aliphatic carbocycles. The predicted octanol–water partition coefficient (Wildman–Crippen LogP) is 3.21. The van der Waals surface area contributed by atoms with Crippen LogP contribution in [0.1, 0.15) is 41.6 Å². The van der Waals surface area contributed by atoms with Gasteiger partial charge in [0, 0.05) is 30.4 Å². The van der Waals surface area contributed by atoms with E-state index in [9.17, 15) is 12.8 Å². The third-order valence-electron chi connectivity index (χ3n) is 4.11. The molecule has 0 saturated heterocycles. The Hall–Kier alpha value is -2.00. The third-order valence-corrected chi connectivity index (χ3v) is 5.98. The first-order valence-electron chi connectivity index (χ1n) is 9.65. The van der Waals surface area contributed by atoms with Crippen molar-refractivity contribution in [2.75, 3.05) is 19.3 Å². The molecule has 2 N–H and O–H groups in total. The Morgan fingerprint density at radius 3 is 2.69 bits per heavy atom. The van der Waals surface area contributed by atoms with Crippen molar-refractivity contribution in [2.45, 2.75) is 45.4 Å². The summed E-state index contributed by atoms with van der Waals surface area (Å²) in [7, 11) is -3.21. The number of nitrogens with zero attached hydrogens (tertiary/aromatic N) is 2. The lowest BCUT2D eigenvalue weighted by Crippen LogP contribution is -2.37. The van der Waals surface area contributed by atoms with Crippen LogP contribution in [0, 0.1) is 12.7 Å². The van der Waals surface area contributed by atoms with Crippen molar-refractivity contribution in [3.63, 3.8) is 0 Å². The number of halogens is 1. The number of thiazole rings is 1. The summed E-state index contributed by atoms with van der Waals surface area (Å²) in [6, 6.07) is 4.15. The molecule has 1 aromatic carbocycles. The summed E-state index contributed by atoms with van der Waals surface area (Å²) in [4.78, 5) is 8.96. The molecule has 1 aromatic heterocycles. The van der Waals surface area contributed by atoms with Crippen LogP contribution in [-0.2, 0) is 28.6 Å². The van der Waals surface area contributed by atoms with Gasteiger partial charge < -0.3 is 10.6 Å². The van der Waals surface area contributed by atoms with Crippen LogP contribution in [0.2, 0.25) is 0 Å². The zero-order valence-corrected chi connectivity index (χ0v) is 18.8. The summed E-state index contributed by atoms with van der Waals surface area (Å²) in [6.07, 6.45) is 4.14. The van der Waals surface area contributed by atoms with E-state index in [0.717, 1.165) is 36.5 Å². The van der Waals surface area contributed by atoms with E-state index in [1.165, 1.54) is 24.5 Å². The molecule has 6 nitrogen and oxygen atoms in total. The summed E-state index contributed by atoms with van der Waals surface area (Å²) < 4.78 is 36.9. The highest BCUT2D eigenvalue weighted by Crippen LogP contribution is 2.16. The van der Waals surface area contributed by atoms with E-state index in [-0.39, 0.29) is 12.3 Å². The van der Waals surface area contributed by atoms with Crippen LogP contribution in [0.25, 0.3) is 0 Å². The number of sulfone groups is 1. The van der Waals surface area contributed by atoms with Gasteiger partial charge in [0.05, 0.1) is 17.3 Å². The second-order valence-corrected chi connectivity index (χ2v) is 10.0. The van der Waals surface area contributed by atoms with E-state index in [0.29, 0.717) is 23.6 Å². The summed E-state index contributed by atoms with van der Waals surface area (Å²) >= 11 is 1.69. The van der Waals surface area contributed by atoms with Crippen LogP contribution in [0.5, 0.6) is 0 Å². The normalized spacial score (nSPS) is 12.2. The lowest BCUT2D eigenvalue weighted by Gasteiger charge is -2.12. The van der Waals surface area contributed by atoms with Gasteiger partial charge in [-0.15, -0.1) is 11.3 Å². The minimum atomic E-state index is -3.21. The fraction of sp³-hybridized carbons (Fsp3) is 0.500. The van der Waals surface area contributed by atoms with E-state index in [1.807, 2.05) is 13.8 Å². The molecule has 0 unspecified atom stereocenters. The van der Waals surface area contributed by atoms with Crippen molar-refractivity contribution in [1.82, 2.24) is 15.6 Å². The second-order valence-electron chi connectivity index (χ2n) is 6.94. The molecule has 0 fully saturated rings. The topological polar surface area (TPSA) is 83.5 Å². The average molecular weight is 441 g/mol. The molecular weight excluding hydrogens is 411 g/mol. The van der Waals surface area contributed by atoms with Crippen LogP contribution in [0.3, 0.4) is 0 Å². The molecule has 0 aliphatic heterocycles. The fourth-order valence-corrected chi connectivity index (χ4v) is 4.46. The molecule has 0 atom stereocenters. The van der Waals surface area contributed by atoms with E-state index in [4.69, 9.17) is 0 Å². The van der Waals surface area contributed by atoms with Gasteiger partial charge in [0.15, 0.2) is 15.8 Å². The number of benzene rings is 1. The third kappa shape index (κ3) is 8.91.